The van der Waals surface area contributed by atoms with Gasteiger partial charge >= 0.3 is 0 Å². The number of likely N-dealkylation sites (tertiary alicyclic amines) is 1. The third kappa shape index (κ3) is 4.86. The van der Waals surface area contributed by atoms with Crippen molar-refractivity contribution in [1.82, 2.24) is 4.90 Å². The Morgan fingerprint density at radius 2 is 2.07 bits per heavy atom. The van der Waals surface area contributed by atoms with E-state index in [0.717, 1.165) is 43.0 Å². The first kappa shape index (κ1) is 21.1. The lowest BCUT2D eigenvalue weighted by Gasteiger charge is -2.25. The highest BCUT2D eigenvalue weighted by Gasteiger charge is 2.37. The van der Waals surface area contributed by atoms with Crippen molar-refractivity contribution in [2.45, 2.75) is 44.2 Å². The first-order chi connectivity index (χ1) is 14.0. The first-order valence-corrected chi connectivity index (χ1v) is 10.4. The van der Waals surface area contributed by atoms with E-state index in [1.54, 1.807) is 12.0 Å². The number of rotatable bonds is 8. The smallest absolute Gasteiger partial charge is 0.281 e. The maximum Gasteiger partial charge on any atom is 0.281 e. The molecule has 0 radical (unpaired) electrons. The van der Waals surface area contributed by atoms with E-state index < -0.39 is 6.04 Å². The van der Waals surface area contributed by atoms with Crippen molar-refractivity contribution in [3.05, 3.63) is 36.4 Å². The van der Waals surface area contributed by atoms with Gasteiger partial charge < -0.3 is 26.4 Å². The van der Waals surface area contributed by atoms with Gasteiger partial charge in [0.1, 0.15) is 11.8 Å². The second-order valence-corrected chi connectivity index (χ2v) is 7.62. The number of nitrogens with one attached hydrogen (secondary N) is 1. The van der Waals surface area contributed by atoms with Gasteiger partial charge in [-0.15, -0.1) is 0 Å². The van der Waals surface area contributed by atoms with Gasteiger partial charge in [-0.25, -0.2) is 0 Å². The average Bonchev–Trinajstić information content (AvgIpc) is 3.22. The van der Waals surface area contributed by atoms with Gasteiger partial charge in [0.2, 0.25) is 5.91 Å². The number of carbonyl (C=O) groups excluding carboxylic acids is 2. The molecule has 7 N–H and O–H groups in total. The highest BCUT2D eigenvalue weighted by atomic mass is 16.5. The van der Waals surface area contributed by atoms with Gasteiger partial charge in [0.05, 0.1) is 13.7 Å². The van der Waals surface area contributed by atoms with Crippen LogP contribution in [0.4, 0.5) is 5.69 Å². The number of nitrogens with zero attached hydrogens (tertiary/aromatic N) is 1. The molecule has 1 aliphatic heterocycles. The molecule has 0 saturated carbocycles. The number of methoxy groups -OCH3 is 1. The zero-order valence-corrected chi connectivity index (χ0v) is 17.2. The van der Waals surface area contributed by atoms with Crippen LogP contribution in [0.25, 0.3) is 10.8 Å². The molecule has 2 aromatic carbocycles. The molecular weight excluding hydrogens is 368 g/mol. The molecular formula is C22H32N4O3+2. The number of amides is 2. The van der Waals surface area contributed by atoms with E-state index in [2.05, 4.69) is 16.8 Å². The average molecular weight is 401 g/mol. The van der Waals surface area contributed by atoms with E-state index in [1.165, 1.54) is 0 Å². The largest absolute Gasteiger partial charge is 0.496 e. The number of hydrogen-bond donors (Lipinski definition) is 3. The summed E-state index contributed by atoms with van der Waals surface area (Å²) in [6.45, 7) is 1.48. The fraction of sp³-hybridized carbons (Fsp3) is 0.455. The van der Waals surface area contributed by atoms with E-state index in [4.69, 9.17) is 4.74 Å². The number of fused-ring (bicyclic) bond motifs is 1. The highest BCUT2D eigenvalue weighted by molar-refractivity contribution is 6.00. The Kier molecular flexibility index (Phi) is 7.06. The van der Waals surface area contributed by atoms with Gasteiger partial charge in [-0.2, -0.15) is 0 Å². The summed E-state index contributed by atoms with van der Waals surface area (Å²) in [5.74, 6) is 0.530. The van der Waals surface area contributed by atoms with Crippen LogP contribution in [0.15, 0.2) is 36.4 Å². The van der Waals surface area contributed by atoms with Gasteiger partial charge in [0, 0.05) is 30.1 Å². The molecule has 1 fully saturated rings. The van der Waals surface area contributed by atoms with Crippen LogP contribution >= 0.6 is 0 Å². The topological polar surface area (TPSA) is 114 Å². The summed E-state index contributed by atoms with van der Waals surface area (Å²) >= 11 is 0. The van der Waals surface area contributed by atoms with Gasteiger partial charge in [-0.1, -0.05) is 24.3 Å². The molecule has 2 aromatic rings. The van der Waals surface area contributed by atoms with E-state index >= 15 is 0 Å². The predicted octanol–water partition coefficient (Wildman–Crippen LogP) is 0.801. The number of benzene rings is 2. The van der Waals surface area contributed by atoms with E-state index in [9.17, 15) is 9.59 Å². The van der Waals surface area contributed by atoms with Crippen LogP contribution in [-0.4, -0.2) is 49.0 Å². The summed E-state index contributed by atoms with van der Waals surface area (Å²) in [6.07, 6.45) is 4.17. The Bertz CT molecular complexity index is 870. The molecule has 29 heavy (non-hydrogen) atoms. The minimum atomic E-state index is -0.447. The Balaban J connectivity index is 1.71. The lowest BCUT2D eigenvalue weighted by molar-refractivity contribution is -0.408. The Labute approximate surface area is 171 Å². The molecule has 7 heteroatoms. The first-order valence-electron chi connectivity index (χ1n) is 10.4. The number of quaternary nitrogens is 2. The molecule has 1 saturated heterocycles. The van der Waals surface area contributed by atoms with Crippen molar-refractivity contribution < 1.29 is 25.8 Å². The number of ether oxygens (including phenoxy) is 1. The predicted molar refractivity (Wildman–Crippen MR) is 112 cm³/mol. The molecule has 0 aliphatic carbocycles. The van der Waals surface area contributed by atoms with Crippen LogP contribution in [-0.2, 0) is 9.59 Å². The summed E-state index contributed by atoms with van der Waals surface area (Å²) in [7, 11) is 1.62. The minimum absolute atomic E-state index is 0.0252. The zero-order chi connectivity index (χ0) is 20.8. The van der Waals surface area contributed by atoms with Crippen molar-refractivity contribution in [3.8, 4) is 5.75 Å². The van der Waals surface area contributed by atoms with Crippen LogP contribution in [0.2, 0.25) is 0 Å². The van der Waals surface area contributed by atoms with Crippen LogP contribution < -0.4 is 21.5 Å². The van der Waals surface area contributed by atoms with Crippen molar-refractivity contribution >= 4 is 28.3 Å². The Hall–Kier alpha value is -2.64. The second kappa shape index (κ2) is 9.71. The number of hydrogen-bond acceptors (Lipinski definition) is 3. The van der Waals surface area contributed by atoms with Gasteiger partial charge in [0.25, 0.3) is 5.91 Å². The highest BCUT2D eigenvalue weighted by Crippen LogP contribution is 2.30. The maximum atomic E-state index is 13.0. The van der Waals surface area contributed by atoms with Crippen LogP contribution in [0.5, 0.6) is 5.75 Å². The van der Waals surface area contributed by atoms with Crippen LogP contribution in [0, 0.1) is 0 Å². The summed E-state index contributed by atoms with van der Waals surface area (Å²) < 4.78 is 5.48. The number of carbonyl (C=O) groups is 2. The molecule has 7 nitrogen and oxygen atoms in total. The monoisotopic (exact) mass is 400 g/mol. The zero-order valence-electron chi connectivity index (χ0n) is 17.2. The Morgan fingerprint density at radius 3 is 2.83 bits per heavy atom. The third-order valence-corrected chi connectivity index (χ3v) is 5.55. The van der Waals surface area contributed by atoms with Crippen molar-refractivity contribution in [1.29, 1.82) is 0 Å². The van der Waals surface area contributed by atoms with Crippen LogP contribution in [0.1, 0.15) is 32.1 Å². The molecule has 0 spiro atoms. The van der Waals surface area contributed by atoms with Gasteiger partial charge in [0.15, 0.2) is 6.04 Å². The number of anilines is 1. The normalized spacial score (nSPS) is 17.3. The molecule has 0 bridgehead atoms. The number of unbranched alkanes of at least 4 members (excludes halogenated alkanes) is 1. The quantitative estimate of drug-likeness (QED) is 0.570. The fourth-order valence-corrected chi connectivity index (χ4v) is 3.97. The lowest BCUT2D eigenvalue weighted by Crippen LogP contribution is -2.68. The summed E-state index contributed by atoms with van der Waals surface area (Å²) in [5, 5.41) is 4.97. The van der Waals surface area contributed by atoms with Crippen molar-refractivity contribution in [2.24, 2.45) is 0 Å². The fourth-order valence-electron chi connectivity index (χ4n) is 3.97. The maximum absolute atomic E-state index is 13.0. The van der Waals surface area contributed by atoms with E-state index in [0.29, 0.717) is 24.4 Å². The van der Waals surface area contributed by atoms with Gasteiger partial charge in [-0.3, -0.25) is 9.59 Å². The van der Waals surface area contributed by atoms with E-state index in [1.807, 2.05) is 36.4 Å². The van der Waals surface area contributed by atoms with E-state index in [-0.39, 0.29) is 17.9 Å². The molecule has 3 rings (SSSR count). The van der Waals surface area contributed by atoms with Crippen molar-refractivity contribution in [3.63, 3.8) is 0 Å². The summed E-state index contributed by atoms with van der Waals surface area (Å²) in [4.78, 5) is 27.5. The summed E-state index contributed by atoms with van der Waals surface area (Å²) in [5.41, 5.74) is 8.54. The SMILES string of the molecule is COc1cc(NC(=O)[C@@H]2CCCN2C(=O)[C@@H]([NH3+])CCCC[NH3+])cc2ccccc12. The summed E-state index contributed by atoms with van der Waals surface area (Å²) in [6, 6.07) is 10.9. The molecule has 2 atom stereocenters. The minimum Gasteiger partial charge on any atom is -0.496 e. The van der Waals surface area contributed by atoms with Gasteiger partial charge in [-0.05, 0) is 37.1 Å². The molecule has 1 aliphatic rings. The van der Waals surface area contributed by atoms with Crippen molar-refractivity contribution in [2.75, 3.05) is 25.5 Å². The molecule has 156 valence electrons. The lowest BCUT2D eigenvalue weighted by atomic mass is 10.1. The third-order valence-electron chi connectivity index (χ3n) is 5.55. The molecule has 1 heterocycles. The molecule has 0 unspecified atom stereocenters. The molecule has 0 aromatic heterocycles. The van der Waals surface area contributed by atoms with Crippen LogP contribution in [0.3, 0.4) is 0 Å². The Morgan fingerprint density at radius 1 is 1.28 bits per heavy atom. The molecule has 2 amide bonds. The second-order valence-electron chi connectivity index (χ2n) is 7.62. The standard InChI is InChI=1S/C22H30N4O3/c1-29-20-14-16(13-15-7-2-3-8-17(15)20)25-21(27)19-10-6-12-26(19)22(28)18(24)9-4-5-11-23/h2-3,7-8,13-14,18-19H,4-6,9-12,23-24H2,1H3,(H,25,27)/p+2/t18-,19-/m0/s1.